The van der Waals surface area contributed by atoms with E-state index in [1.54, 1.807) is 0 Å². The van der Waals surface area contributed by atoms with E-state index in [0.717, 1.165) is 6.04 Å². The lowest BCUT2D eigenvalue weighted by atomic mass is 9.80. The Balaban J connectivity index is 1.69. The van der Waals surface area contributed by atoms with Crippen molar-refractivity contribution in [1.82, 2.24) is 10.2 Å². The van der Waals surface area contributed by atoms with Gasteiger partial charge in [0.05, 0.1) is 11.2 Å². The van der Waals surface area contributed by atoms with E-state index < -0.39 is 0 Å². The van der Waals surface area contributed by atoms with Crippen LogP contribution in [0, 0.1) is 0 Å². The average molecular weight is 238 g/mol. The Kier molecular flexibility index (Phi) is 2.96. The highest BCUT2D eigenvalue weighted by molar-refractivity contribution is 5.07. The summed E-state index contributed by atoms with van der Waals surface area (Å²) in [4.78, 5) is 2.62. The maximum atomic E-state index is 6.57. The molecule has 3 rings (SSSR count). The summed E-state index contributed by atoms with van der Waals surface area (Å²) < 4.78 is 6.57. The Morgan fingerprint density at radius 1 is 1.12 bits per heavy atom. The Labute approximate surface area is 105 Å². The molecule has 0 radical (unpaired) electrons. The second-order valence-electron chi connectivity index (χ2n) is 6.33. The molecule has 1 heterocycles. The van der Waals surface area contributed by atoms with Gasteiger partial charge in [0.15, 0.2) is 0 Å². The molecule has 2 spiro atoms. The van der Waals surface area contributed by atoms with Crippen LogP contribution in [0.2, 0.25) is 0 Å². The summed E-state index contributed by atoms with van der Waals surface area (Å²) in [5.41, 5.74) is 0.457. The summed E-state index contributed by atoms with van der Waals surface area (Å²) in [6.45, 7) is 5.82. The molecule has 98 valence electrons. The van der Waals surface area contributed by atoms with Gasteiger partial charge in [-0.15, -0.1) is 0 Å². The number of ether oxygens (including phenoxy) is 1. The molecule has 0 aromatic heterocycles. The van der Waals surface area contributed by atoms with Crippen molar-refractivity contribution in [2.75, 3.05) is 26.7 Å². The largest absolute Gasteiger partial charge is 0.366 e. The van der Waals surface area contributed by atoms with Gasteiger partial charge < -0.3 is 10.1 Å². The van der Waals surface area contributed by atoms with Crippen molar-refractivity contribution in [3.05, 3.63) is 0 Å². The van der Waals surface area contributed by atoms with Crippen LogP contribution in [0.1, 0.15) is 45.4 Å². The Hall–Kier alpha value is -0.120. The number of nitrogens with zero attached hydrogens (tertiary/aromatic N) is 1. The van der Waals surface area contributed by atoms with Crippen LogP contribution < -0.4 is 5.32 Å². The van der Waals surface area contributed by atoms with Crippen LogP contribution in [0.4, 0.5) is 0 Å². The number of morpholine rings is 1. The predicted octanol–water partition coefficient (Wildman–Crippen LogP) is 1.77. The lowest BCUT2D eigenvalue weighted by molar-refractivity contribution is -0.183. The molecule has 17 heavy (non-hydrogen) atoms. The highest BCUT2D eigenvalue weighted by Gasteiger charge is 2.55. The minimum Gasteiger partial charge on any atom is -0.366 e. The SMILES string of the molecule is CCN1CC2(CC2)O[C@]2(CC[C@@H](NC)CC2)C1. The quantitative estimate of drug-likeness (QED) is 0.793. The van der Waals surface area contributed by atoms with Crippen molar-refractivity contribution in [1.29, 1.82) is 0 Å². The molecule has 0 aromatic carbocycles. The van der Waals surface area contributed by atoms with Crippen LogP contribution in [0.3, 0.4) is 0 Å². The monoisotopic (exact) mass is 238 g/mol. The van der Waals surface area contributed by atoms with Gasteiger partial charge in [0.25, 0.3) is 0 Å². The molecule has 3 aliphatic rings. The van der Waals surface area contributed by atoms with Crippen LogP contribution in [-0.4, -0.2) is 48.8 Å². The van der Waals surface area contributed by atoms with Gasteiger partial charge in [-0.3, -0.25) is 4.90 Å². The molecule has 2 saturated carbocycles. The minimum absolute atomic E-state index is 0.193. The van der Waals surface area contributed by atoms with E-state index in [4.69, 9.17) is 4.74 Å². The summed E-state index contributed by atoms with van der Waals surface area (Å²) in [6, 6.07) is 0.719. The summed E-state index contributed by atoms with van der Waals surface area (Å²) in [6.07, 6.45) is 7.64. The van der Waals surface area contributed by atoms with Gasteiger partial charge in [0.1, 0.15) is 0 Å². The van der Waals surface area contributed by atoms with Crippen molar-refractivity contribution in [2.24, 2.45) is 0 Å². The summed E-state index contributed by atoms with van der Waals surface area (Å²) >= 11 is 0. The molecular formula is C14H26N2O. The van der Waals surface area contributed by atoms with E-state index in [1.807, 2.05) is 0 Å². The standard InChI is InChI=1S/C14H26N2O/c1-3-16-10-13(17-14(11-16)8-9-14)6-4-12(15-2)5-7-13/h12,15H,3-11H2,1-2H3/t12-,13+. The van der Waals surface area contributed by atoms with Crippen molar-refractivity contribution in [3.63, 3.8) is 0 Å². The number of hydrogen-bond acceptors (Lipinski definition) is 3. The van der Waals surface area contributed by atoms with E-state index >= 15 is 0 Å². The van der Waals surface area contributed by atoms with E-state index in [0.29, 0.717) is 0 Å². The van der Waals surface area contributed by atoms with Crippen LogP contribution >= 0.6 is 0 Å². The fourth-order valence-electron chi connectivity index (χ4n) is 3.71. The fourth-order valence-corrected chi connectivity index (χ4v) is 3.71. The van der Waals surface area contributed by atoms with Crippen LogP contribution in [0.25, 0.3) is 0 Å². The molecule has 3 heteroatoms. The highest BCUT2D eigenvalue weighted by Crippen LogP contribution is 2.50. The van der Waals surface area contributed by atoms with Gasteiger partial charge in [0, 0.05) is 19.1 Å². The third kappa shape index (κ3) is 2.25. The maximum Gasteiger partial charge on any atom is 0.0819 e. The third-order valence-electron chi connectivity index (χ3n) is 5.02. The first-order chi connectivity index (χ1) is 8.19. The number of hydrogen-bond donors (Lipinski definition) is 1. The van der Waals surface area contributed by atoms with Gasteiger partial charge >= 0.3 is 0 Å². The molecule has 1 aliphatic heterocycles. The smallest absolute Gasteiger partial charge is 0.0819 e. The molecule has 0 aromatic rings. The zero-order valence-corrected chi connectivity index (χ0v) is 11.3. The molecule has 2 aliphatic carbocycles. The Bertz CT molecular complexity index is 280. The van der Waals surface area contributed by atoms with E-state index in [1.165, 1.54) is 58.2 Å². The van der Waals surface area contributed by atoms with Gasteiger partial charge in [0.2, 0.25) is 0 Å². The molecule has 1 N–H and O–H groups in total. The Morgan fingerprint density at radius 2 is 1.71 bits per heavy atom. The van der Waals surface area contributed by atoms with E-state index in [2.05, 4.69) is 24.2 Å². The van der Waals surface area contributed by atoms with Crippen molar-refractivity contribution >= 4 is 0 Å². The van der Waals surface area contributed by atoms with Crippen LogP contribution in [0.15, 0.2) is 0 Å². The normalized spacial score (nSPS) is 40.9. The molecule has 3 nitrogen and oxygen atoms in total. The first kappa shape index (κ1) is 11.9. The molecule has 0 atom stereocenters. The van der Waals surface area contributed by atoms with Gasteiger partial charge in [-0.1, -0.05) is 6.92 Å². The first-order valence-electron chi connectivity index (χ1n) is 7.29. The number of rotatable bonds is 2. The van der Waals surface area contributed by atoms with Gasteiger partial charge in [-0.25, -0.2) is 0 Å². The summed E-state index contributed by atoms with van der Waals surface area (Å²) in [5.74, 6) is 0. The molecule has 0 unspecified atom stereocenters. The van der Waals surface area contributed by atoms with Crippen molar-refractivity contribution < 1.29 is 4.74 Å². The molecular weight excluding hydrogens is 212 g/mol. The molecule has 0 amide bonds. The summed E-state index contributed by atoms with van der Waals surface area (Å²) in [5, 5.41) is 3.42. The predicted molar refractivity (Wildman–Crippen MR) is 69.2 cm³/mol. The van der Waals surface area contributed by atoms with Crippen LogP contribution in [-0.2, 0) is 4.74 Å². The van der Waals surface area contributed by atoms with Crippen molar-refractivity contribution in [3.8, 4) is 0 Å². The van der Waals surface area contributed by atoms with Gasteiger partial charge in [-0.05, 0) is 52.1 Å². The first-order valence-corrected chi connectivity index (χ1v) is 7.29. The maximum absolute atomic E-state index is 6.57. The third-order valence-corrected chi connectivity index (χ3v) is 5.02. The topological polar surface area (TPSA) is 24.5 Å². The highest BCUT2D eigenvalue weighted by atomic mass is 16.5. The average Bonchev–Trinajstić information content (AvgIpc) is 3.08. The molecule has 1 saturated heterocycles. The van der Waals surface area contributed by atoms with E-state index in [-0.39, 0.29) is 11.2 Å². The fraction of sp³-hybridized carbons (Fsp3) is 1.00. The number of nitrogens with one attached hydrogen (secondary N) is 1. The number of likely N-dealkylation sites (N-methyl/N-ethyl adjacent to an activating group) is 1. The Morgan fingerprint density at radius 3 is 2.18 bits per heavy atom. The minimum atomic E-state index is 0.193. The van der Waals surface area contributed by atoms with Crippen LogP contribution in [0.5, 0.6) is 0 Å². The lowest BCUT2D eigenvalue weighted by Gasteiger charge is -2.50. The lowest BCUT2D eigenvalue weighted by Crippen LogP contribution is -2.58. The van der Waals surface area contributed by atoms with Crippen molar-refractivity contribution in [2.45, 2.75) is 62.7 Å². The second kappa shape index (κ2) is 4.22. The molecule has 0 bridgehead atoms. The van der Waals surface area contributed by atoms with Gasteiger partial charge in [-0.2, -0.15) is 0 Å². The second-order valence-corrected chi connectivity index (χ2v) is 6.33. The molecule has 3 fully saturated rings. The summed E-state index contributed by atoms with van der Waals surface area (Å²) in [7, 11) is 2.09. The zero-order valence-electron chi connectivity index (χ0n) is 11.3. The zero-order chi connectivity index (χ0) is 11.9. The van der Waals surface area contributed by atoms with E-state index in [9.17, 15) is 0 Å².